The number of methoxy groups -OCH3 is 2. The van der Waals surface area contributed by atoms with Gasteiger partial charge in [0, 0.05) is 26.1 Å². The lowest BCUT2D eigenvalue weighted by atomic mass is 9.98. The molecule has 2 saturated heterocycles. The highest BCUT2D eigenvalue weighted by atomic mass is 16.7. The van der Waals surface area contributed by atoms with Gasteiger partial charge in [-0.05, 0) is 0 Å². The van der Waals surface area contributed by atoms with E-state index in [4.69, 9.17) is 18.9 Å². The van der Waals surface area contributed by atoms with Crippen molar-refractivity contribution in [1.82, 2.24) is 0 Å². The molecule has 0 spiro atoms. The van der Waals surface area contributed by atoms with E-state index in [1.807, 2.05) is 0 Å². The van der Waals surface area contributed by atoms with Crippen LogP contribution in [0, 0.1) is 11.8 Å². The van der Waals surface area contributed by atoms with Crippen molar-refractivity contribution < 1.29 is 18.9 Å². The minimum Gasteiger partial charge on any atom is -0.355 e. The first-order chi connectivity index (χ1) is 5.86. The van der Waals surface area contributed by atoms with Crippen LogP contribution >= 0.6 is 0 Å². The molecule has 0 aromatic heterocycles. The van der Waals surface area contributed by atoms with Crippen molar-refractivity contribution in [2.75, 3.05) is 27.4 Å². The molecule has 2 aliphatic rings. The second kappa shape index (κ2) is 3.30. The number of ether oxygens (including phenoxy) is 4. The van der Waals surface area contributed by atoms with Crippen LogP contribution in [0.15, 0.2) is 0 Å². The van der Waals surface area contributed by atoms with Gasteiger partial charge in [-0.25, -0.2) is 0 Å². The molecule has 2 aliphatic heterocycles. The topological polar surface area (TPSA) is 36.9 Å². The van der Waals surface area contributed by atoms with Crippen molar-refractivity contribution in [3.05, 3.63) is 0 Å². The Morgan fingerprint density at radius 2 is 1.33 bits per heavy atom. The standard InChI is InChI=1S/C8H14O4/c1-9-7-5-3-12-8(10-2)6(5)4-11-7/h5-8H,3-4H2,1-2H3. The van der Waals surface area contributed by atoms with E-state index in [-0.39, 0.29) is 12.6 Å². The lowest BCUT2D eigenvalue weighted by Crippen LogP contribution is -2.23. The molecule has 0 saturated carbocycles. The van der Waals surface area contributed by atoms with E-state index in [1.165, 1.54) is 0 Å². The molecule has 4 heteroatoms. The quantitative estimate of drug-likeness (QED) is 0.600. The predicted molar refractivity (Wildman–Crippen MR) is 40.5 cm³/mol. The molecule has 0 bridgehead atoms. The maximum absolute atomic E-state index is 5.42. The highest BCUT2D eigenvalue weighted by Crippen LogP contribution is 2.37. The molecule has 4 nitrogen and oxygen atoms in total. The van der Waals surface area contributed by atoms with E-state index in [9.17, 15) is 0 Å². The van der Waals surface area contributed by atoms with E-state index in [0.717, 1.165) is 0 Å². The maximum atomic E-state index is 5.42. The number of hydrogen-bond acceptors (Lipinski definition) is 4. The van der Waals surface area contributed by atoms with E-state index in [1.54, 1.807) is 14.2 Å². The van der Waals surface area contributed by atoms with Crippen molar-refractivity contribution in [1.29, 1.82) is 0 Å². The molecule has 0 radical (unpaired) electrons. The Morgan fingerprint density at radius 3 is 1.67 bits per heavy atom. The van der Waals surface area contributed by atoms with Gasteiger partial charge in [-0.1, -0.05) is 0 Å². The van der Waals surface area contributed by atoms with Gasteiger partial charge in [0.2, 0.25) is 0 Å². The van der Waals surface area contributed by atoms with Gasteiger partial charge in [0.05, 0.1) is 13.2 Å². The van der Waals surface area contributed by atoms with Gasteiger partial charge in [-0.3, -0.25) is 0 Å². The Labute approximate surface area is 71.7 Å². The third kappa shape index (κ3) is 1.15. The molecular weight excluding hydrogens is 160 g/mol. The van der Waals surface area contributed by atoms with Crippen LogP contribution < -0.4 is 0 Å². The molecule has 2 heterocycles. The smallest absolute Gasteiger partial charge is 0.162 e. The third-order valence-corrected chi connectivity index (χ3v) is 2.62. The van der Waals surface area contributed by atoms with Crippen LogP contribution in [0.1, 0.15) is 0 Å². The van der Waals surface area contributed by atoms with Crippen LogP contribution in [0.2, 0.25) is 0 Å². The summed E-state index contributed by atoms with van der Waals surface area (Å²) in [6, 6.07) is 0. The fourth-order valence-corrected chi connectivity index (χ4v) is 1.95. The minimum absolute atomic E-state index is 0.102. The molecule has 0 N–H and O–H groups in total. The van der Waals surface area contributed by atoms with Gasteiger partial charge >= 0.3 is 0 Å². The molecule has 0 amide bonds. The summed E-state index contributed by atoms with van der Waals surface area (Å²) in [5.74, 6) is 0.694. The summed E-state index contributed by atoms with van der Waals surface area (Å²) in [6.45, 7) is 1.36. The van der Waals surface area contributed by atoms with Crippen molar-refractivity contribution in [2.24, 2.45) is 11.8 Å². The van der Waals surface area contributed by atoms with Gasteiger partial charge in [0.25, 0.3) is 0 Å². The molecule has 12 heavy (non-hydrogen) atoms. The molecule has 70 valence electrons. The summed E-state index contributed by atoms with van der Waals surface area (Å²) in [6.07, 6.45) is -0.203. The Morgan fingerprint density at radius 1 is 0.917 bits per heavy atom. The monoisotopic (exact) mass is 174 g/mol. The fourth-order valence-electron chi connectivity index (χ4n) is 1.95. The van der Waals surface area contributed by atoms with Crippen LogP contribution in [0.3, 0.4) is 0 Å². The first kappa shape index (κ1) is 8.44. The summed E-state index contributed by atoms with van der Waals surface area (Å²) in [4.78, 5) is 0. The Hall–Kier alpha value is -0.160. The summed E-state index contributed by atoms with van der Waals surface area (Å²) >= 11 is 0. The minimum atomic E-state index is -0.102. The largest absolute Gasteiger partial charge is 0.355 e. The van der Waals surface area contributed by atoms with E-state index in [2.05, 4.69) is 0 Å². The van der Waals surface area contributed by atoms with Crippen LogP contribution in [0.4, 0.5) is 0 Å². The molecule has 2 fully saturated rings. The first-order valence-electron chi connectivity index (χ1n) is 4.15. The Bertz CT molecular complexity index is 143. The van der Waals surface area contributed by atoms with Gasteiger partial charge in [-0.15, -0.1) is 0 Å². The molecule has 4 unspecified atom stereocenters. The summed E-state index contributed by atoms with van der Waals surface area (Å²) in [7, 11) is 3.32. The fraction of sp³-hybridized carbons (Fsp3) is 1.00. The first-order valence-corrected chi connectivity index (χ1v) is 4.15. The molecular formula is C8H14O4. The summed E-state index contributed by atoms with van der Waals surface area (Å²) in [5.41, 5.74) is 0. The van der Waals surface area contributed by atoms with E-state index < -0.39 is 0 Å². The normalized spacial score (nSPS) is 46.5. The average Bonchev–Trinajstić information content (AvgIpc) is 2.62. The molecule has 0 aromatic rings. The lowest BCUT2D eigenvalue weighted by molar-refractivity contribution is -0.145. The molecule has 0 aromatic carbocycles. The van der Waals surface area contributed by atoms with Crippen molar-refractivity contribution >= 4 is 0 Å². The predicted octanol–water partition coefficient (Wildman–Crippen LogP) is 0.224. The van der Waals surface area contributed by atoms with E-state index >= 15 is 0 Å². The summed E-state index contributed by atoms with van der Waals surface area (Å²) < 4.78 is 21.2. The van der Waals surface area contributed by atoms with Crippen molar-refractivity contribution in [3.63, 3.8) is 0 Å². The second-order valence-electron chi connectivity index (χ2n) is 3.20. The van der Waals surface area contributed by atoms with E-state index in [0.29, 0.717) is 25.0 Å². The average molecular weight is 174 g/mol. The SMILES string of the molecule is COC1OCC2C(OC)OCC12. The number of rotatable bonds is 2. The Kier molecular flexibility index (Phi) is 2.32. The van der Waals surface area contributed by atoms with Crippen LogP contribution in [0.5, 0.6) is 0 Å². The molecule has 0 aliphatic carbocycles. The molecule has 4 atom stereocenters. The zero-order chi connectivity index (χ0) is 8.55. The highest BCUT2D eigenvalue weighted by molar-refractivity contribution is 4.85. The zero-order valence-corrected chi connectivity index (χ0v) is 7.36. The van der Waals surface area contributed by atoms with Crippen LogP contribution in [0.25, 0.3) is 0 Å². The van der Waals surface area contributed by atoms with Gasteiger partial charge < -0.3 is 18.9 Å². The van der Waals surface area contributed by atoms with Crippen LogP contribution in [-0.2, 0) is 18.9 Å². The highest BCUT2D eigenvalue weighted by Gasteiger charge is 2.47. The molecule has 2 rings (SSSR count). The van der Waals surface area contributed by atoms with Gasteiger partial charge in [0.15, 0.2) is 12.6 Å². The van der Waals surface area contributed by atoms with Crippen LogP contribution in [-0.4, -0.2) is 40.0 Å². The third-order valence-electron chi connectivity index (χ3n) is 2.62. The summed E-state index contributed by atoms with van der Waals surface area (Å²) in [5, 5.41) is 0. The lowest BCUT2D eigenvalue weighted by Gasteiger charge is -2.13. The maximum Gasteiger partial charge on any atom is 0.162 e. The van der Waals surface area contributed by atoms with Gasteiger partial charge in [0.1, 0.15) is 0 Å². The number of fused-ring (bicyclic) bond motifs is 1. The Balaban J connectivity index is 2.01. The zero-order valence-electron chi connectivity index (χ0n) is 7.36. The second-order valence-corrected chi connectivity index (χ2v) is 3.20. The van der Waals surface area contributed by atoms with Gasteiger partial charge in [-0.2, -0.15) is 0 Å². The van der Waals surface area contributed by atoms with Crippen molar-refractivity contribution in [3.8, 4) is 0 Å². The number of hydrogen-bond donors (Lipinski definition) is 0. The van der Waals surface area contributed by atoms with Crippen molar-refractivity contribution in [2.45, 2.75) is 12.6 Å².